The molecule has 0 radical (unpaired) electrons. The Kier molecular flexibility index (Phi) is 10.0. The van der Waals surface area contributed by atoms with E-state index in [9.17, 15) is 0 Å². The van der Waals surface area contributed by atoms with Crippen LogP contribution in [-0.4, -0.2) is 27.9 Å². The van der Waals surface area contributed by atoms with E-state index < -0.39 is 0 Å². The van der Waals surface area contributed by atoms with Crippen LogP contribution in [0.3, 0.4) is 0 Å². The average Bonchev–Trinajstić information content (AvgIpc) is 2.81. The molecule has 31 heavy (non-hydrogen) atoms. The fourth-order valence-electron chi connectivity index (χ4n) is 3.18. The summed E-state index contributed by atoms with van der Waals surface area (Å²) in [4.78, 5) is 0. The Morgan fingerprint density at radius 2 is 1.26 bits per heavy atom. The van der Waals surface area contributed by atoms with Gasteiger partial charge in [-0.15, -0.1) is 12.4 Å². The van der Waals surface area contributed by atoms with Crippen molar-refractivity contribution in [2.75, 3.05) is 27.9 Å². The van der Waals surface area contributed by atoms with Crippen molar-refractivity contribution in [3.63, 3.8) is 0 Å². The van der Waals surface area contributed by atoms with Gasteiger partial charge in [-0.2, -0.15) is 0 Å². The lowest BCUT2D eigenvalue weighted by Gasteiger charge is -2.13. The molecule has 0 aliphatic heterocycles. The summed E-state index contributed by atoms with van der Waals surface area (Å²) < 4.78 is 22.1. The van der Waals surface area contributed by atoms with Gasteiger partial charge in [-0.25, -0.2) is 0 Å². The number of hydrogen-bond acceptors (Lipinski definition) is 5. The SMILES string of the molecule is COc1ccc(CCNCc2ccc(OCc3ccccc3)c(OC)c2)cc1OC.Cl. The summed E-state index contributed by atoms with van der Waals surface area (Å²) in [6.45, 7) is 2.12. The molecule has 0 bridgehead atoms. The van der Waals surface area contributed by atoms with Crippen LogP contribution in [0.25, 0.3) is 0 Å². The molecule has 0 saturated heterocycles. The zero-order chi connectivity index (χ0) is 21.2. The van der Waals surface area contributed by atoms with Gasteiger partial charge in [0.2, 0.25) is 0 Å². The normalized spacial score (nSPS) is 10.2. The van der Waals surface area contributed by atoms with E-state index >= 15 is 0 Å². The minimum atomic E-state index is 0. The summed E-state index contributed by atoms with van der Waals surface area (Å²) in [7, 11) is 4.96. The maximum Gasteiger partial charge on any atom is 0.161 e. The molecule has 3 aromatic carbocycles. The van der Waals surface area contributed by atoms with Crippen LogP contribution < -0.4 is 24.3 Å². The van der Waals surface area contributed by atoms with Crippen molar-refractivity contribution in [2.24, 2.45) is 0 Å². The molecule has 3 rings (SSSR count). The van der Waals surface area contributed by atoms with E-state index in [1.807, 2.05) is 54.6 Å². The van der Waals surface area contributed by atoms with Crippen molar-refractivity contribution < 1.29 is 18.9 Å². The van der Waals surface area contributed by atoms with Crippen molar-refractivity contribution in [2.45, 2.75) is 19.6 Å². The van der Waals surface area contributed by atoms with Gasteiger partial charge in [0.05, 0.1) is 21.3 Å². The number of benzene rings is 3. The van der Waals surface area contributed by atoms with Crippen LogP contribution in [0.4, 0.5) is 0 Å². The first-order chi connectivity index (χ1) is 14.7. The molecule has 0 saturated carbocycles. The molecule has 0 spiro atoms. The second-order valence-electron chi connectivity index (χ2n) is 6.88. The maximum atomic E-state index is 5.93. The van der Waals surface area contributed by atoms with Crippen LogP contribution in [0.2, 0.25) is 0 Å². The first kappa shape index (κ1) is 24.4. The number of halogens is 1. The lowest BCUT2D eigenvalue weighted by atomic mass is 10.1. The minimum absolute atomic E-state index is 0. The zero-order valence-electron chi connectivity index (χ0n) is 18.2. The van der Waals surface area contributed by atoms with Crippen molar-refractivity contribution in [1.82, 2.24) is 5.32 Å². The highest BCUT2D eigenvalue weighted by Gasteiger charge is 2.07. The van der Waals surface area contributed by atoms with E-state index in [1.165, 1.54) is 5.56 Å². The fraction of sp³-hybridized carbons (Fsp3) is 0.280. The first-order valence-corrected chi connectivity index (χ1v) is 9.98. The van der Waals surface area contributed by atoms with Crippen LogP contribution in [-0.2, 0) is 19.6 Å². The highest BCUT2D eigenvalue weighted by atomic mass is 35.5. The van der Waals surface area contributed by atoms with Gasteiger partial charge in [-0.3, -0.25) is 0 Å². The largest absolute Gasteiger partial charge is 0.493 e. The molecule has 166 valence electrons. The third-order valence-corrected chi connectivity index (χ3v) is 4.83. The summed E-state index contributed by atoms with van der Waals surface area (Å²) in [6.07, 6.45) is 0.899. The predicted octanol–water partition coefficient (Wildman–Crippen LogP) is 5.05. The molecule has 0 fully saturated rings. The van der Waals surface area contributed by atoms with E-state index in [2.05, 4.69) is 17.4 Å². The van der Waals surface area contributed by atoms with Gasteiger partial charge in [-0.1, -0.05) is 42.5 Å². The number of methoxy groups -OCH3 is 3. The number of hydrogen-bond donors (Lipinski definition) is 1. The Morgan fingerprint density at radius 3 is 1.97 bits per heavy atom. The van der Waals surface area contributed by atoms with Gasteiger partial charge in [-0.05, 0) is 53.9 Å². The summed E-state index contributed by atoms with van der Waals surface area (Å²) in [5.74, 6) is 2.99. The molecule has 0 aromatic heterocycles. The summed E-state index contributed by atoms with van der Waals surface area (Å²) >= 11 is 0. The Balaban J connectivity index is 0.00000341. The monoisotopic (exact) mass is 443 g/mol. The molecule has 0 atom stereocenters. The molecule has 0 unspecified atom stereocenters. The molecule has 3 aromatic rings. The van der Waals surface area contributed by atoms with E-state index in [1.54, 1.807) is 21.3 Å². The molecule has 6 heteroatoms. The Hall–Kier alpha value is -2.89. The third-order valence-electron chi connectivity index (χ3n) is 4.83. The average molecular weight is 444 g/mol. The van der Waals surface area contributed by atoms with Gasteiger partial charge in [0.25, 0.3) is 0 Å². The van der Waals surface area contributed by atoms with Gasteiger partial charge in [0.15, 0.2) is 23.0 Å². The molecular weight excluding hydrogens is 414 g/mol. The predicted molar refractivity (Wildman–Crippen MR) is 126 cm³/mol. The molecule has 1 N–H and O–H groups in total. The smallest absolute Gasteiger partial charge is 0.161 e. The lowest BCUT2D eigenvalue weighted by Crippen LogP contribution is -2.16. The molecule has 0 amide bonds. The van der Waals surface area contributed by atoms with E-state index in [0.29, 0.717) is 6.61 Å². The number of rotatable bonds is 11. The highest BCUT2D eigenvalue weighted by molar-refractivity contribution is 5.85. The maximum absolute atomic E-state index is 5.93. The van der Waals surface area contributed by atoms with Gasteiger partial charge in [0, 0.05) is 6.54 Å². The number of ether oxygens (including phenoxy) is 4. The second kappa shape index (κ2) is 12.7. The van der Waals surface area contributed by atoms with Gasteiger partial charge < -0.3 is 24.3 Å². The Labute approximate surface area is 190 Å². The molecule has 0 aliphatic rings. The zero-order valence-corrected chi connectivity index (χ0v) is 19.0. The minimum Gasteiger partial charge on any atom is -0.493 e. The first-order valence-electron chi connectivity index (χ1n) is 9.98. The van der Waals surface area contributed by atoms with Crippen LogP contribution in [0.15, 0.2) is 66.7 Å². The van der Waals surface area contributed by atoms with E-state index in [0.717, 1.165) is 53.6 Å². The van der Waals surface area contributed by atoms with Crippen molar-refractivity contribution in [3.8, 4) is 23.0 Å². The fourth-order valence-corrected chi connectivity index (χ4v) is 3.18. The van der Waals surface area contributed by atoms with Crippen LogP contribution in [0.5, 0.6) is 23.0 Å². The molecule has 5 nitrogen and oxygen atoms in total. The van der Waals surface area contributed by atoms with E-state index in [4.69, 9.17) is 18.9 Å². The third kappa shape index (κ3) is 7.09. The van der Waals surface area contributed by atoms with Gasteiger partial charge in [0.1, 0.15) is 6.61 Å². The Morgan fingerprint density at radius 1 is 0.645 bits per heavy atom. The van der Waals surface area contributed by atoms with E-state index in [-0.39, 0.29) is 12.4 Å². The summed E-state index contributed by atoms with van der Waals surface area (Å²) in [5, 5.41) is 3.48. The number of nitrogens with one attached hydrogen (secondary N) is 1. The topological polar surface area (TPSA) is 49.0 Å². The molecule has 0 heterocycles. The van der Waals surface area contributed by atoms with Crippen LogP contribution in [0.1, 0.15) is 16.7 Å². The summed E-state index contributed by atoms with van der Waals surface area (Å²) in [6, 6.07) is 22.2. The highest BCUT2D eigenvalue weighted by Crippen LogP contribution is 2.29. The molecular formula is C25H30ClNO4. The summed E-state index contributed by atoms with van der Waals surface area (Å²) in [5.41, 5.74) is 3.47. The van der Waals surface area contributed by atoms with Crippen molar-refractivity contribution in [3.05, 3.63) is 83.4 Å². The van der Waals surface area contributed by atoms with Crippen LogP contribution in [0, 0.1) is 0 Å². The molecule has 0 aliphatic carbocycles. The van der Waals surface area contributed by atoms with Crippen molar-refractivity contribution in [1.29, 1.82) is 0 Å². The quantitative estimate of drug-likeness (QED) is 0.420. The standard InChI is InChI=1S/C25H29NO4.ClH/c1-27-22-11-9-19(15-24(22)28-2)13-14-26-17-21-10-12-23(25(16-21)29-3)30-18-20-7-5-4-6-8-20;/h4-12,15-16,26H,13-14,17-18H2,1-3H3;1H. The van der Waals surface area contributed by atoms with Crippen LogP contribution >= 0.6 is 12.4 Å². The second-order valence-corrected chi connectivity index (χ2v) is 6.88. The van der Waals surface area contributed by atoms with Gasteiger partial charge >= 0.3 is 0 Å². The lowest BCUT2D eigenvalue weighted by molar-refractivity contribution is 0.284. The van der Waals surface area contributed by atoms with Crippen molar-refractivity contribution >= 4 is 12.4 Å². The Bertz CT molecular complexity index is 934.